The second-order valence-electron chi connectivity index (χ2n) is 7.86. The maximum Gasteiger partial charge on any atom is 0.227 e. The molecule has 0 spiro atoms. The molecule has 2 unspecified atom stereocenters. The van der Waals surface area contributed by atoms with Crippen LogP contribution in [0.1, 0.15) is 24.0 Å². The molecule has 2 fully saturated rings. The van der Waals surface area contributed by atoms with Gasteiger partial charge in [-0.25, -0.2) is 9.97 Å². The van der Waals surface area contributed by atoms with Crippen LogP contribution >= 0.6 is 0 Å². The van der Waals surface area contributed by atoms with Crippen molar-refractivity contribution in [2.24, 2.45) is 0 Å². The van der Waals surface area contributed by atoms with E-state index in [1.54, 1.807) is 6.33 Å². The molecule has 0 radical (unpaired) electrons. The molecule has 2 atom stereocenters. The summed E-state index contributed by atoms with van der Waals surface area (Å²) in [5, 5.41) is 9.83. The highest BCUT2D eigenvalue weighted by Crippen LogP contribution is 2.34. The van der Waals surface area contributed by atoms with E-state index in [0.29, 0.717) is 12.8 Å². The first-order valence-electron chi connectivity index (χ1n) is 10.0. The topological polar surface area (TPSA) is 88.9 Å². The van der Waals surface area contributed by atoms with Crippen LogP contribution in [0.3, 0.4) is 0 Å². The van der Waals surface area contributed by atoms with Gasteiger partial charge in [-0.2, -0.15) is 5.26 Å². The molecule has 1 N–H and O–H groups in total. The van der Waals surface area contributed by atoms with Crippen molar-refractivity contribution in [2.45, 2.75) is 37.8 Å². The summed E-state index contributed by atoms with van der Waals surface area (Å²) in [7, 11) is 0. The summed E-state index contributed by atoms with van der Waals surface area (Å²) in [6.45, 7) is 1.61. The van der Waals surface area contributed by atoms with Crippen LogP contribution in [0.5, 0.6) is 0 Å². The maximum absolute atomic E-state index is 13.1. The zero-order chi connectivity index (χ0) is 19.8. The van der Waals surface area contributed by atoms with E-state index in [4.69, 9.17) is 5.26 Å². The quantitative estimate of drug-likeness (QED) is 0.744. The number of fused-ring (bicyclic) bond motifs is 3. The summed E-state index contributed by atoms with van der Waals surface area (Å²) in [6.07, 6.45) is 6.38. The second-order valence-corrected chi connectivity index (χ2v) is 7.86. The van der Waals surface area contributed by atoms with Gasteiger partial charge >= 0.3 is 0 Å². The first-order valence-corrected chi connectivity index (χ1v) is 10.0. The third-order valence-electron chi connectivity index (χ3n) is 6.06. The van der Waals surface area contributed by atoms with E-state index in [-0.39, 0.29) is 18.0 Å². The van der Waals surface area contributed by atoms with Crippen LogP contribution in [-0.4, -0.2) is 50.9 Å². The molecule has 2 aliphatic rings. The molecule has 2 aromatic heterocycles. The van der Waals surface area contributed by atoms with E-state index in [1.807, 2.05) is 36.5 Å². The Hall–Kier alpha value is -3.40. The van der Waals surface area contributed by atoms with Crippen molar-refractivity contribution in [2.75, 3.05) is 18.0 Å². The summed E-state index contributed by atoms with van der Waals surface area (Å²) in [6, 6.07) is 12.4. The minimum Gasteiger partial charge on any atom is -0.352 e. The lowest BCUT2D eigenvalue weighted by Crippen LogP contribution is -2.56. The highest BCUT2D eigenvalue weighted by Gasteiger charge is 2.42. The highest BCUT2D eigenvalue weighted by atomic mass is 16.2. The average molecular weight is 386 g/mol. The normalized spacial score (nSPS) is 20.8. The van der Waals surface area contributed by atoms with Crippen LogP contribution in [-0.2, 0) is 17.6 Å². The van der Waals surface area contributed by atoms with Crippen molar-refractivity contribution >= 4 is 22.8 Å². The number of nitrogens with zero attached hydrogens (tertiary/aromatic N) is 5. The lowest BCUT2D eigenvalue weighted by molar-refractivity contribution is -0.133. The van der Waals surface area contributed by atoms with E-state index in [1.165, 1.54) is 0 Å². The number of hydrogen-bond donors (Lipinski definition) is 1. The van der Waals surface area contributed by atoms with Crippen molar-refractivity contribution in [1.29, 1.82) is 5.26 Å². The van der Waals surface area contributed by atoms with Crippen molar-refractivity contribution in [3.8, 4) is 6.07 Å². The molecule has 4 heterocycles. The monoisotopic (exact) mass is 386 g/mol. The molecule has 2 aliphatic heterocycles. The Bertz CT molecular complexity index is 1070. The largest absolute Gasteiger partial charge is 0.352 e. The number of benzene rings is 1. The van der Waals surface area contributed by atoms with E-state index in [9.17, 15) is 4.79 Å². The van der Waals surface area contributed by atoms with Gasteiger partial charge in [0.25, 0.3) is 0 Å². The number of hydrogen-bond acceptors (Lipinski definition) is 5. The number of H-pyrrole nitrogens is 1. The van der Waals surface area contributed by atoms with Crippen LogP contribution in [0.15, 0.2) is 42.9 Å². The Balaban J connectivity index is 1.31. The minimum atomic E-state index is 0.194. The third kappa shape index (κ3) is 3.21. The number of amides is 1. The lowest BCUT2D eigenvalue weighted by atomic mass is 10.1. The number of carbonyl (C=O) groups excluding carboxylic acids is 1. The number of piperazine rings is 1. The van der Waals surface area contributed by atoms with Gasteiger partial charge in [-0.1, -0.05) is 24.3 Å². The van der Waals surface area contributed by atoms with Gasteiger partial charge in [-0.05, 0) is 30.0 Å². The van der Waals surface area contributed by atoms with Gasteiger partial charge in [0.05, 0.1) is 24.3 Å². The van der Waals surface area contributed by atoms with Gasteiger partial charge in [-0.15, -0.1) is 0 Å². The van der Waals surface area contributed by atoms with Crippen LogP contribution in [0.2, 0.25) is 0 Å². The van der Waals surface area contributed by atoms with E-state index >= 15 is 0 Å². The molecule has 2 bridgehead atoms. The minimum absolute atomic E-state index is 0.194. The van der Waals surface area contributed by atoms with Crippen molar-refractivity contribution in [3.63, 3.8) is 0 Å². The molecule has 1 amide bonds. The molecular weight excluding hydrogens is 364 g/mol. The zero-order valence-corrected chi connectivity index (χ0v) is 16.1. The fraction of sp³-hybridized carbons (Fsp3) is 0.364. The summed E-state index contributed by atoms with van der Waals surface area (Å²) in [5.41, 5.74) is 2.84. The summed E-state index contributed by atoms with van der Waals surface area (Å²) < 4.78 is 0. The Labute approximate surface area is 169 Å². The number of nitrogens with one attached hydrogen (secondary N) is 1. The van der Waals surface area contributed by atoms with Gasteiger partial charge < -0.3 is 14.8 Å². The van der Waals surface area contributed by atoms with Crippen molar-refractivity contribution < 1.29 is 4.79 Å². The molecule has 5 rings (SSSR count). The first-order chi connectivity index (χ1) is 14.2. The molecule has 2 saturated heterocycles. The van der Waals surface area contributed by atoms with E-state index in [2.05, 4.69) is 30.8 Å². The Morgan fingerprint density at radius 1 is 1.10 bits per heavy atom. The number of carbonyl (C=O) groups is 1. The number of anilines is 1. The summed E-state index contributed by atoms with van der Waals surface area (Å²) in [4.78, 5) is 29.4. The predicted molar refractivity (Wildman–Crippen MR) is 109 cm³/mol. The summed E-state index contributed by atoms with van der Waals surface area (Å²) in [5.74, 6) is 1.15. The van der Waals surface area contributed by atoms with Crippen LogP contribution in [0.25, 0.3) is 11.0 Å². The first kappa shape index (κ1) is 17.7. The van der Waals surface area contributed by atoms with Gasteiger partial charge in [0.2, 0.25) is 5.91 Å². The number of aromatic nitrogens is 3. The SMILES string of the molecule is N#CCc1ccc(CC(=O)N2C3CCC2CN(c2ncnc4[nH]ccc24)C3)cc1. The van der Waals surface area contributed by atoms with Crippen LogP contribution in [0.4, 0.5) is 5.82 Å². The molecule has 146 valence electrons. The fourth-order valence-electron chi connectivity index (χ4n) is 4.73. The van der Waals surface area contributed by atoms with Gasteiger partial charge in [-0.3, -0.25) is 4.79 Å². The molecule has 0 aliphatic carbocycles. The van der Waals surface area contributed by atoms with Gasteiger partial charge in [0.15, 0.2) is 0 Å². The van der Waals surface area contributed by atoms with E-state index < -0.39 is 0 Å². The smallest absolute Gasteiger partial charge is 0.227 e. The van der Waals surface area contributed by atoms with Crippen LogP contribution < -0.4 is 4.90 Å². The molecule has 7 heteroatoms. The maximum atomic E-state index is 13.1. The Morgan fingerprint density at radius 2 is 1.83 bits per heavy atom. The molecule has 1 aromatic carbocycles. The number of aromatic amines is 1. The van der Waals surface area contributed by atoms with Gasteiger partial charge in [0, 0.05) is 31.4 Å². The molecule has 0 saturated carbocycles. The fourth-order valence-corrected chi connectivity index (χ4v) is 4.73. The highest BCUT2D eigenvalue weighted by molar-refractivity contribution is 5.87. The van der Waals surface area contributed by atoms with Crippen molar-refractivity contribution in [3.05, 3.63) is 54.0 Å². The zero-order valence-electron chi connectivity index (χ0n) is 16.1. The Morgan fingerprint density at radius 3 is 2.55 bits per heavy atom. The second kappa shape index (κ2) is 7.21. The van der Waals surface area contributed by atoms with Crippen LogP contribution in [0, 0.1) is 11.3 Å². The van der Waals surface area contributed by atoms with E-state index in [0.717, 1.165) is 53.9 Å². The summed E-state index contributed by atoms with van der Waals surface area (Å²) >= 11 is 0. The standard InChI is InChI=1S/C22H22N6O/c23-9-7-15-1-3-16(4-2-15)11-20(29)28-17-5-6-18(28)13-27(12-17)22-19-8-10-24-21(19)25-14-26-22/h1-4,8,10,14,17-18H,5-7,11-13H2,(H,24,25,26). The number of rotatable bonds is 4. The van der Waals surface area contributed by atoms with Gasteiger partial charge in [0.1, 0.15) is 17.8 Å². The number of nitriles is 1. The molecule has 29 heavy (non-hydrogen) atoms. The average Bonchev–Trinajstić information content (AvgIpc) is 3.31. The molecule has 3 aromatic rings. The third-order valence-corrected chi connectivity index (χ3v) is 6.06. The molecule has 7 nitrogen and oxygen atoms in total. The lowest BCUT2D eigenvalue weighted by Gasteiger charge is -2.41. The predicted octanol–water partition coefficient (Wildman–Crippen LogP) is 2.45. The Kier molecular flexibility index (Phi) is 4.39. The van der Waals surface area contributed by atoms with Crippen molar-refractivity contribution in [1.82, 2.24) is 19.9 Å². The molecular formula is C22H22N6O.